The highest BCUT2D eigenvalue weighted by atomic mass is 16.5. The number of methoxy groups -OCH3 is 1. The molecule has 4 saturated carbocycles. The van der Waals surface area contributed by atoms with Crippen molar-refractivity contribution >= 4 is 11.9 Å². The monoisotopic (exact) mass is 604 g/mol. The second-order valence-electron chi connectivity index (χ2n) is 15.4. The number of rotatable bonds is 16. The van der Waals surface area contributed by atoms with Crippen molar-refractivity contribution in [2.24, 2.45) is 52.1 Å². The minimum Gasteiger partial charge on any atom is -0.467 e. The Kier molecular flexibility index (Phi) is 12.8. The SMILES string of the molecule is COC(=O)C(NC(=O)CCCC1CCC2C3CCC4CC(NCCNCCNCCN)CCC4(C)C3CCC12C)C(C)C. The van der Waals surface area contributed by atoms with E-state index in [-0.39, 0.29) is 17.8 Å². The van der Waals surface area contributed by atoms with Gasteiger partial charge in [-0.15, -0.1) is 0 Å². The number of hydrogen-bond donors (Lipinski definition) is 5. The normalized spacial score (nSPS) is 36.0. The van der Waals surface area contributed by atoms with Crippen LogP contribution in [0.25, 0.3) is 0 Å². The molecule has 0 saturated heterocycles. The molecule has 9 unspecified atom stereocenters. The maximum absolute atomic E-state index is 12.7. The van der Waals surface area contributed by atoms with Gasteiger partial charge in [0.05, 0.1) is 7.11 Å². The molecule has 0 aromatic rings. The molecule has 0 aromatic carbocycles. The van der Waals surface area contributed by atoms with Crippen LogP contribution in [-0.4, -0.2) is 70.3 Å². The predicted molar refractivity (Wildman–Crippen MR) is 174 cm³/mol. The molecular formula is C35H65N5O3. The average Bonchev–Trinajstić information content (AvgIpc) is 3.32. The fourth-order valence-corrected chi connectivity index (χ4v) is 10.3. The van der Waals surface area contributed by atoms with Gasteiger partial charge in [-0.3, -0.25) is 4.79 Å². The molecule has 8 nitrogen and oxygen atoms in total. The average molecular weight is 604 g/mol. The molecule has 0 radical (unpaired) electrons. The molecule has 0 bridgehead atoms. The van der Waals surface area contributed by atoms with Crippen LogP contribution in [0.1, 0.15) is 105 Å². The van der Waals surface area contributed by atoms with Gasteiger partial charge in [-0.1, -0.05) is 27.7 Å². The second-order valence-corrected chi connectivity index (χ2v) is 15.4. The van der Waals surface area contributed by atoms with Crippen molar-refractivity contribution in [3.8, 4) is 0 Å². The first kappa shape index (κ1) is 34.6. The van der Waals surface area contributed by atoms with Gasteiger partial charge in [-0.2, -0.15) is 0 Å². The maximum atomic E-state index is 12.7. The molecule has 0 aliphatic heterocycles. The summed E-state index contributed by atoms with van der Waals surface area (Å²) in [6.45, 7) is 14.8. The summed E-state index contributed by atoms with van der Waals surface area (Å²) in [5, 5.41) is 13.7. The van der Waals surface area contributed by atoms with Crippen LogP contribution in [0.4, 0.5) is 0 Å². The summed E-state index contributed by atoms with van der Waals surface area (Å²) >= 11 is 0. The number of amides is 1. The fraction of sp³-hybridized carbons (Fsp3) is 0.943. The minimum atomic E-state index is -0.556. The van der Waals surface area contributed by atoms with Gasteiger partial charge >= 0.3 is 5.97 Å². The van der Waals surface area contributed by atoms with Crippen LogP contribution in [0.15, 0.2) is 0 Å². The van der Waals surface area contributed by atoms with Gasteiger partial charge in [-0.25, -0.2) is 4.79 Å². The lowest BCUT2D eigenvalue weighted by Crippen LogP contribution is -2.55. The molecule has 6 N–H and O–H groups in total. The Morgan fingerprint density at radius 2 is 1.58 bits per heavy atom. The molecule has 0 heterocycles. The summed E-state index contributed by atoms with van der Waals surface area (Å²) in [6, 6.07) is 0.122. The number of nitrogens with two attached hydrogens (primary N) is 1. The number of carbonyl (C=O) groups is 2. The summed E-state index contributed by atoms with van der Waals surface area (Å²) < 4.78 is 4.89. The highest BCUT2D eigenvalue weighted by Gasteiger charge is 2.59. The fourth-order valence-electron chi connectivity index (χ4n) is 10.3. The van der Waals surface area contributed by atoms with Crippen molar-refractivity contribution in [3.63, 3.8) is 0 Å². The largest absolute Gasteiger partial charge is 0.467 e. The third-order valence-electron chi connectivity index (χ3n) is 12.8. The van der Waals surface area contributed by atoms with E-state index in [0.717, 1.165) is 75.2 Å². The van der Waals surface area contributed by atoms with Gasteiger partial charge < -0.3 is 31.7 Å². The number of nitrogens with one attached hydrogen (secondary N) is 4. The van der Waals surface area contributed by atoms with Crippen molar-refractivity contribution in [1.82, 2.24) is 21.3 Å². The molecule has 4 aliphatic carbocycles. The number of esters is 1. The first-order chi connectivity index (χ1) is 20.6. The van der Waals surface area contributed by atoms with Crippen molar-refractivity contribution in [1.29, 1.82) is 0 Å². The van der Waals surface area contributed by atoms with Gasteiger partial charge in [0.25, 0.3) is 0 Å². The van der Waals surface area contributed by atoms with Crippen LogP contribution in [0, 0.1) is 46.3 Å². The van der Waals surface area contributed by atoms with Crippen molar-refractivity contribution in [3.05, 3.63) is 0 Å². The van der Waals surface area contributed by atoms with Crippen molar-refractivity contribution < 1.29 is 14.3 Å². The first-order valence-corrected chi connectivity index (χ1v) is 17.9. The van der Waals surface area contributed by atoms with Gasteiger partial charge in [0.15, 0.2) is 0 Å². The van der Waals surface area contributed by atoms with Crippen molar-refractivity contribution in [2.75, 3.05) is 46.4 Å². The van der Waals surface area contributed by atoms with Gasteiger partial charge in [0, 0.05) is 51.7 Å². The predicted octanol–water partition coefficient (Wildman–Crippen LogP) is 4.23. The van der Waals surface area contributed by atoms with E-state index in [1.165, 1.54) is 64.9 Å². The summed E-state index contributed by atoms with van der Waals surface area (Å²) in [7, 11) is 1.39. The molecule has 4 fully saturated rings. The van der Waals surface area contributed by atoms with E-state index < -0.39 is 6.04 Å². The Balaban J connectivity index is 1.22. The van der Waals surface area contributed by atoms with E-state index in [0.29, 0.717) is 29.8 Å². The van der Waals surface area contributed by atoms with Crippen LogP contribution in [0.3, 0.4) is 0 Å². The van der Waals surface area contributed by atoms with Crippen LogP contribution in [0.2, 0.25) is 0 Å². The molecule has 4 aliphatic rings. The van der Waals surface area contributed by atoms with E-state index in [9.17, 15) is 9.59 Å². The Bertz CT molecular complexity index is 901. The lowest BCUT2D eigenvalue weighted by Gasteiger charge is -2.61. The quantitative estimate of drug-likeness (QED) is 0.132. The maximum Gasteiger partial charge on any atom is 0.328 e. The molecule has 43 heavy (non-hydrogen) atoms. The zero-order valence-corrected chi connectivity index (χ0v) is 28.1. The van der Waals surface area contributed by atoms with Crippen LogP contribution in [0.5, 0.6) is 0 Å². The van der Waals surface area contributed by atoms with Gasteiger partial charge in [0.2, 0.25) is 5.91 Å². The molecular weight excluding hydrogens is 538 g/mol. The number of carbonyl (C=O) groups excluding carboxylic acids is 2. The summed E-state index contributed by atoms with van der Waals surface area (Å²) in [5.74, 6) is 3.88. The molecule has 4 rings (SSSR count). The second kappa shape index (κ2) is 15.9. The van der Waals surface area contributed by atoms with Gasteiger partial charge in [-0.05, 0) is 117 Å². The van der Waals surface area contributed by atoms with E-state index in [1.807, 2.05) is 13.8 Å². The van der Waals surface area contributed by atoms with Crippen LogP contribution in [-0.2, 0) is 14.3 Å². The zero-order valence-electron chi connectivity index (χ0n) is 28.1. The van der Waals surface area contributed by atoms with E-state index in [4.69, 9.17) is 10.5 Å². The van der Waals surface area contributed by atoms with E-state index >= 15 is 0 Å². The third-order valence-corrected chi connectivity index (χ3v) is 12.8. The minimum absolute atomic E-state index is 0.0178. The standard InChI is InChI=1S/C35H65N5O3/c1-24(2)32(33(42)43-5)40-31(41)8-6-7-25-10-12-29-28-11-9-26-23-27(39-22-21-38-20-19-37-18-17-36)13-15-35(26,4)30(28)14-16-34(25,29)3/h24-30,32,37-39H,6-23,36H2,1-5H3,(H,40,41). The van der Waals surface area contributed by atoms with Crippen molar-refractivity contribution in [2.45, 2.75) is 117 Å². The van der Waals surface area contributed by atoms with Gasteiger partial charge in [0.1, 0.15) is 6.04 Å². The first-order valence-electron chi connectivity index (χ1n) is 17.9. The van der Waals surface area contributed by atoms with Crippen LogP contribution >= 0.6 is 0 Å². The van der Waals surface area contributed by atoms with E-state index in [2.05, 4.69) is 35.1 Å². The van der Waals surface area contributed by atoms with Crippen LogP contribution < -0.4 is 27.0 Å². The Labute approximate surface area is 262 Å². The molecule has 1 amide bonds. The Morgan fingerprint density at radius 1 is 0.884 bits per heavy atom. The molecule has 248 valence electrons. The summed E-state index contributed by atoms with van der Waals surface area (Å²) in [5.41, 5.74) is 6.48. The molecule has 0 aromatic heterocycles. The summed E-state index contributed by atoms with van der Waals surface area (Å²) in [6.07, 6.45) is 14.9. The zero-order chi connectivity index (χ0) is 31.0. The summed E-state index contributed by atoms with van der Waals surface area (Å²) in [4.78, 5) is 24.8. The lowest BCUT2D eigenvalue weighted by molar-refractivity contribution is -0.146. The molecule has 8 heteroatoms. The molecule has 0 spiro atoms. The highest BCUT2D eigenvalue weighted by molar-refractivity contribution is 5.84. The number of hydrogen-bond acceptors (Lipinski definition) is 7. The lowest BCUT2D eigenvalue weighted by atomic mass is 9.44. The molecule has 9 atom stereocenters. The topological polar surface area (TPSA) is 118 Å². The highest BCUT2D eigenvalue weighted by Crippen LogP contribution is 2.67. The number of fused-ring (bicyclic) bond motifs is 5. The third kappa shape index (κ3) is 8.14. The Hall–Kier alpha value is -1.22. The smallest absolute Gasteiger partial charge is 0.328 e. The number of ether oxygens (including phenoxy) is 1. The Morgan fingerprint density at radius 3 is 2.30 bits per heavy atom. The van der Waals surface area contributed by atoms with E-state index in [1.54, 1.807) is 0 Å².